The Morgan fingerprint density at radius 1 is 0.889 bits per heavy atom. The fourth-order valence-corrected chi connectivity index (χ4v) is 6.76. The van der Waals surface area contributed by atoms with Gasteiger partial charge < -0.3 is 34.9 Å². The molecule has 0 bridgehead atoms. The van der Waals surface area contributed by atoms with Gasteiger partial charge >= 0.3 is 18.2 Å². The molecule has 13 heteroatoms. The largest absolute Gasteiger partial charge is 0.514 e. The average molecular weight is 634 g/mol. The number of hydrogen-bond donors (Lipinski definition) is 3. The Kier molecular flexibility index (Phi) is 9.28. The number of carbonyl (C=O) groups excluding carboxylic acids is 4. The molecule has 2 heterocycles. The highest BCUT2D eigenvalue weighted by Crippen LogP contribution is 2.50. The van der Waals surface area contributed by atoms with E-state index in [1.54, 1.807) is 50.2 Å². The Hall–Kier alpha value is -5.04. The summed E-state index contributed by atoms with van der Waals surface area (Å²) in [7, 11) is 0. The lowest BCUT2D eigenvalue weighted by atomic mass is 9.95. The molecule has 2 aliphatic heterocycles. The van der Waals surface area contributed by atoms with Gasteiger partial charge in [0, 0.05) is 4.75 Å². The number of β-lactam (4-membered cyclic amide) rings is 1. The molecule has 3 N–H and O–H groups in total. The summed E-state index contributed by atoms with van der Waals surface area (Å²) >= 11 is 1.28. The molecule has 5 rings (SSSR count). The van der Waals surface area contributed by atoms with Crippen molar-refractivity contribution in [2.45, 2.75) is 55.3 Å². The van der Waals surface area contributed by atoms with E-state index in [0.717, 1.165) is 11.1 Å². The Labute approximate surface area is 263 Å². The number of carboxylic acid groups (broad SMARTS) is 1. The van der Waals surface area contributed by atoms with Gasteiger partial charge in [0.05, 0.1) is 0 Å². The third kappa shape index (κ3) is 7.20. The maximum atomic E-state index is 13.6. The van der Waals surface area contributed by atoms with Gasteiger partial charge in [-0.15, -0.1) is 11.8 Å². The second-order valence-electron chi connectivity index (χ2n) is 10.9. The van der Waals surface area contributed by atoms with Gasteiger partial charge in [0.1, 0.15) is 42.5 Å². The predicted molar refractivity (Wildman–Crippen MR) is 162 cm³/mol. The molecule has 1 unspecified atom stereocenters. The summed E-state index contributed by atoms with van der Waals surface area (Å²) in [5.74, 6) is -2.23. The lowest BCUT2D eigenvalue weighted by Gasteiger charge is -2.44. The molecule has 2 fully saturated rings. The number of rotatable bonds is 10. The van der Waals surface area contributed by atoms with Crippen molar-refractivity contribution in [3.63, 3.8) is 0 Å². The molecular formula is C32H31N3O9S. The van der Waals surface area contributed by atoms with Crippen LogP contribution in [0.25, 0.3) is 0 Å². The first-order valence-electron chi connectivity index (χ1n) is 14.0. The number of carboxylic acids is 1. The van der Waals surface area contributed by atoms with E-state index in [1.165, 1.54) is 40.9 Å². The summed E-state index contributed by atoms with van der Waals surface area (Å²) in [6, 6.07) is 20.5. The second-order valence-corrected chi connectivity index (χ2v) is 12.7. The van der Waals surface area contributed by atoms with Gasteiger partial charge in [-0.3, -0.25) is 9.59 Å². The number of amides is 3. The number of alkyl carbamates (subject to hydrolysis) is 1. The summed E-state index contributed by atoms with van der Waals surface area (Å²) in [5, 5.41) is 14.3. The minimum Gasteiger partial charge on any atom is -0.480 e. The van der Waals surface area contributed by atoms with Crippen molar-refractivity contribution in [1.29, 1.82) is 0 Å². The number of fused-ring (bicyclic) bond motifs is 1. The van der Waals surface area contributed by atoms with Crippen LogP contribution in [-0.2, 0) is 37.1 Å². The summed E-state index contributed by atoms with van der Waals surface area (Å²) in [6.07, 6.45) is -1.80. The highest BCUT2D eigenvalue weighted by Gasteiger charge is 2.64. The molecule has 0 spiro atoms. The van der Waals surface area contributed by atoms with E-state index in [-0.39, 0.29) is 19.0 Å². The van der Waals surface area contributed by atoms with Gasteiger partial charge in [0.2, 0.25) is 11.8 Å². The number of thioether (sulfide) groups is 1. The lowest BCUT2D eigenvalue weighted by molar-refractivity contribution is -0.161. The van der Waals surface area contributed by atoms with Gasteiger partial charge in [0.25, 0.3) is 0 Å². The SMILES string of the molecule is CC1(C)S[C@@H]2[C@H](NC(=O)C(NC(=O)OCc3ccccc3)c3ccc(OC(=O)OCc4ccccc4)cc3)C(=O)N2[C@H]1C(=O)O. The fraction of sp³-hybridized carbons (Fsp3) is 0.281. The van der Waals surface area contributed by atoms with Crippen LogP contribution in [0.2, 0.25) is 0 Å². The van der Waals surface area contributed by atoms with Crippen molar-refractivity contribution < 1.29 is 43.3 Å². The Balaban J connectivity index is 1.27. The zero-order chi connectivity index (χ0) is 32.1. The van der Waals surface area contributed by atoms with Gasteiger partial charge in [-0.2, -0.15) is 0 Å². The number of carbonyl (C=O) groups is 5. The molecule has 2 aliphatic rings. The Bertz CT molecular complexity index is 1570. The molecule has 0 saturated carbocycles. The quantitative estimate of drug-likeness (QED) is 0.169. The molecule has 3 aromatic carbocycles. The van der Waals surface area contributed by atoms with Gasteiger partial charge in [0.15, 0.2) is 0 Å². The zero-order valence-corrected chi connectivity index (χ0v) is 25.2. The number of nitrogens with one attached hydrogen (secondary N) is 2. The summed E-state index contributed by atoms with van der Waals surface area (Å²) in [4.78, 5) is 64.6. The van der Waals surface area contributed by atoms with Crippen LogP contribution in [0, 0.1) is 0 Å². The molecule has 0 aromatic heterocycles. The number of hydrogen-bond acceptors (Lipinski definition) is 9. The van der Waals surface area contributed by atoms with Crippen molar-refractivity contribution in [2.24, 2.45) is 0 Å². The van der Waals surface area contributed by atoms with E-state index >= 15 is 0 Å². The van der Waals surface area contributed by atoms with Gasteiger partial charge in [-0.25, -0.2) is 14.4 Å². The van der Waals surface area contributed by atoms with E-state index in [1.807, 2.05) is 24.3 Å². The maximum Gasteiger partial charge on any atom is 0.514 e. The third-order valence-corrected chi connectivity index (χ3v) is 8.90. The van der Waals surface area contributed by atoms with Crippen molar-refractivity contribution >= 4 is 41.8 Å². The first kappa shape index (κ1) is 31.4. The van der Waals surface area contributed by atoms with E-state index in [2.05, 4.69) is 10.6 Å². The van der Waals surface area contributed by atoms with Crippen molar-refractivity contribution in [2.75, 3.05) is 0 Å². The highest BCUT2D eigenvalue weighted by atomic mass is 32.2. The highest BCUT2D eigenvalue weighted by molar-refractivity contribution is 8.01. The Morgan fingerprint density at radius 2 is 1.47 bits per heavy atom. The molecule has 2 saturated heterocycles. The molecular weight excluding hydrogens is 602 g/mol. The van der Waals surface area contributed by atoms with Crippen LogP contribution in [0.3, 0.4) is 0 Å². The van der Waals surface area contributed by atoms with Crippen LogP contribution in [0.4, 0.5) is 9.59 Å². The van der Waals surface area contributed by atoms with Crippen molar-refractivity contribution in [3.05, 3.63) is 102 Å². The maximum absolute atomic E-state index is 13.6. The lowest BCUT2D eigenvalue weighted by Crippen LogP contribution is -2.71. The minimum atomic E-state index is -1.30. The first-order valence-corrected chi connectivity index (χ1v) is 14.9. The van der Waals surface area contributed by atoms with Crippen LogP contribution in [-0.4, -0.2) is 62.2 Å². The van der Waals surface area contributed by atoms with E-state index in [9.17, 15) is 29.1 Å². The second kappa shape index (κ2) is 13.3. The molecule has 0 radical (unpaired) electrons. The molecule has 45 heavy (non-hydrogen) atoms. The monoisotopic (exact) mass is 633 g/mol. The fourth-order valence-electron chi connectivity index (χ4n) is 5.14. The van der Waals surface area contributed by atoms with Gasteiger partial charge in [-0.1, -0.05) is 72.8 Å². The van der Waals surface area contributed by atoms with Crippen molar-refractivity contribution in [1.82, 2.24) is 15.5 Å². The number of benzene rings is 3. The molecule has 3 aromatic rings. The predicted octanol–water partition coefficient (Wildman–Crippen LogP) is 4.00. The standard InChI is InChI=1S/C32H31N3O9S/c1-32(2)25(29(38)39)35-27(37)24(28(35)45-32)33-26(36)23(34-30(40)42-17-19-9-5-3-6-10-19)21-13-15-22(16-14-21)44-31(41)43-18-20-11-7-4-8-12-20/h3-16,23-25,28H,17-18H2,1-2H3,(H,33,36)(H,34,40)(H,38,39)/t23?,24-,25+,28-/m1/s1. The number of ether oxygens (including phenoxy) is 3. The topological polar surface area (TPSA) is 161 Å². The van der Waals surface area contributed by atoms with Crippen LogP contribution in [0.1, 0.15) is 36.6 Å². The smallest absolute Gasteiger partial charge is 0.480 e. The zero-order valence-electron chi connectivity index (χ0n) is 24.4. The Morgan fingerprint density at radius 3 is 2.04 bits per heavy atom. The van der Waals surface area contributed by atoms with E-state index < -0.39 is 58.3 Å². The first-order chi connectivity index (χ1) is 21.5. The van der Waals surface area contributed by atoms with Crippen LogP contribution in [0.5, 0.6) is 5.75 Å². The van der Waals surface area contributed by atoms with Crippen LogP contribution < -0.4 is 15.4 Å². The van der Waals surface area contributed by atoms with Crippen molar-refractivity contribution in [3.8, 4) is 5.75 Å². The molecule has 234 valence electrons. The molecule has 4 atom stereocenters. The average Bonchev–Trinajstić information content (AvgIpc) is 3.29. The number of aliphatic carboxylic acids is 1. The van der Waals surface area contributed by atoms with E-state index in [0.29, 0.717) is 5.56 Å². The summed E-state index contributed by atoms with van der Waals surface area (Å²) in [5.41, 5.74) is 1.83. The van der Waals surface area contributed by atoms with Crippen LogP contribution in [0.15, 0.2) is 84.9 Å². The normalized spacial score (nSPS) is 20.2. The summed E-state index contributed by atoms with van der Waals surface area (Å²) < 4.78 is 14.9. The van der Waals surface area contributed by atoms with E-state index in [4.69, 9.17) is 14.2 Å². The summed E-state index contributed by atoms with van der Waals surface area (Å²) in [6.45, 7) is 3.44. The molecule has 12 nitrogen and oxygen atoms in total. The van der Waals surface area contributed by atoms with Gasteiger partial charge in [-0.05, 0) is 42.7 Å². The molecule has 3 amide bonds. The van der Waals surface area contributed by atoms with Crippen LogP contribution >= 0.6 is 11.8 Å². The minimum absolute atomic E-state index is 0.0238. The molecule has 0 aliphatic carbocycles. The third-order valence-electron chi connectivity index (χ3n) is 7.32. The number of nitrogens with zero attached hydrogens (tertiary/aromatic N) is 1.